The lowest BCUT2D eigenvalue weighted by atomic mass is 9.49. The molecule has 2 heterocycles. The van der Waals surface area contributed by atoms with Crippen molar-refractivity contribution in [1.82, 2.24) is 9.88 Å². The second kappa shape index (κ2) is 8.66. The Labute approximate surface area is 197 Å². The number of aromatic nitrogens is 1. The number of amides is 1. The van der Waals surface area contributed by atoms with Crippen LogP contribution in [0.4, 0.5) is 5.82 Å². The normalized spacial score (nSPS) is 30.5. The minimum Gasteiger partial charge on any atom is -0.487 e. The zero-order valence-electron chi connectivity index (χ0n) is 19.5. The van der Waals surface area contributed by atoms with E-state index in [9.17, 15) is 4.79 Å². The fourth-order valence-corrected chi connectivity index (χ4v) is 7.51. The fraction of sp³-hybridized carbons (Fsp3) is 0.571. The van der Waals surface area contributed by atoms with Gasteiger partial charge in [-0.25, -0.2) is 4.98 Å². The van der Waals surface area contributed by atoms with Gasteiger partial charge < -0.3 is 14.5 Å². The summed E-state index contributed by atoms with van der Waals surface area (Å²) < 4.78 is 5.86. The third-order valence-electron chi connectivity index (χ3n) is 8.62. The van der Waals surface area contributed by atoms with Gasteiger partial charge in [-0.05, 0) is 79.4 Å². The number of anilines is 1. The number of carbonyl (C=O) groups is 1. The topological polar surface area (TPSA) is 45.7 Å². The number of ether oxygens (including phenoxy) is 1. The number of carbonyl (C=O) groups excluding carboxylic acids is 1. The minimum absolute atomic E-state index is 0.333. The first-order chi connectivity index (χ1) is 16.1. The van der Waals surface area contributed by atoms with Gasteiger partial charge in [0.1, 0.15) is 18.2 Å². The number of piperazine rings is 1. The molecule has 5 fully saturated rings. The Bertz CT molecular complexity index is 931. The highest BCUT2D eigenvalue weighted by Gasteiger charge is 2.51. The molecule has 5 nitrogen and oxygen atoms in total. The largest absolute Gasteiger partial charge is 0.487 e. The van der Waals surface area contributed by atoms with Crippen LogP contribution in [0, 0.1) is 23.2 Å². The van der Waals surface area contributed by atoms with Crippen molar-refractivity contribution >= 4 is 11.7 Å². The van der Waals surface area contributed by atoms with E-state index in [1.54, 1.807) is 0 Å². The van der Waals surface area contributed by atoms with Crippen molar-refractivity contribution in [2.45, 2.75) is 51.6 Å². The van der Waals surface area contributed by atoms with Crippen molar-refractivity contribution in [2.75, 3.05) is 31.1 Å². The summed E-state index contributed by atoms with van der Waals surface area (Å²) >= 11 is 0. The van der Waals surface area contributed by atoms with Gasteiger partial charge >= 0.3 is 0 Å². The zero-order chi connectivity index (χ0) is 22.3. The van der Waals surface area contributed by atoms with Crippen molar-refractivity contribution in [3.8, 4) is 5.75 Å². The Morgan fingerprint density at radius 3 is 2.18 bits per heavy atom. The average Bonchev–Trinajstić information content (AvgIpc) is 2.83. The SMILES string of the molecule is O=C(CC12CC3CC(CC(C3)C1)C2)N1CCN(c2ccc(OCc3ccccc3)cn2)CC1. The van der Waals surface area contributed by atoms with Crippen LogP contribution in [0.2, 0.25) is 0 Å². The predicted octanol–water partition coefficient (Wildman–Crippen LogP) is 4.92. The molecule has 4 aliphatic carbocycles. The molecule has 0 unspecified atom stereocenters. The van der Waals surface area contributed by atoms with Gasteiger partial charge in [0.15, 0.2) is 0 Å². The summed E-state index contributed by atoms with van der Waals surface area (Å²) in [6.45, 7) is 3.86. The van der Waals surface area contributed by atoms with Crippen LogP contribution < -0.4 is 9.64 Å². The Morgan fingerprint density at radius 2 is 1.58 bits per heavy atom. The summed E-state index contributed by atoms with van der Waals surface area (Å²) in [6, 6.07) is 14.2. The number of rotatable bonds is 6. The Kier molecular flexibility index (Phi) is 5.51. The monoisotopic (exact) mass is 445 g/mol. The molecular weight excluding hydrogens is 410 g/mol. The number of pyridine rings is 1. The van der Waals surface area contributed by atoms with Crippen LogP contribution in [0.25, 0.3) is 0 Å². The molecule has 0 spiro atoms. The third kappa shape index (κ3) is 4.47. The maximum Gasteiger partial charge on any atom is 0.223 e. The van der Waals surface area contributed by atoms with Gasteiger partial charge in [0.05, 0.1) is 6.20 Å². The smallest absolute Gasteiger partial charge is 0.223 e. The first-order valence-corrected chi connectivity index (χ1v) is 12.8. The van der Waals surface area contributed by atoms with E-state index < -0.39 is 0 Å². The summed E-state index contributed by atoms with van der Waals surface area (Å²) in [5.74, 6) is 4.88. The molecule has 2 aromatic rings. The van der Waals surface area contributed by atoms with E-state index in [0.717, 1.165) is 67.5 Å². The first-order valence-electron chi connectivity index (χ1n) is 12.8. The van der Waals surface area contributed by atoms with Crippen LogP contribution in [-0.4, -0.2) is 42.0 Å². The molecule has 1 saturated heterocycles. The molecule has 1 amide bonds. The molecule has 5 aliphatic rings. The van der Waals surface area contributed by atoms with E-state index in [1.807, 2.05) is 36.5 Å². The maximum atomic E-state index is 13.2. The maximum absolute atomic E-state index is 13.2. The molecule has 1 aliphatic heterocycles. The third-order valence-corrected chi connectivity index (χ3v) is 8.62. The van der Waals surface area contributed by atoms with Crippen LogP contribution in [0.1, 0.15) is 50.5 Å². The van der Waals surface area contributed by atoms with E-state index in [-0.39, 0.29) is 0 Å². The highest BCUT2D eigenvalue weighted by Crippen LogP contribution is 2.61. The van der Waals surface area contributed by atoms with E-state index >= 15 is 0 Å². The molecular formula is C28H35N3O2. The van der Waals surface area contributed by atoms with Crippen LogP contribution in [0.3, 0.4) is 0 Å². The summed E-state index contributed by atoms with van der Waals surface area (Å²) in [5.41, 5.74) is 1.48. The fourth-order valence-electron chi connectivity index (χ4n) is 7.51. The minimum atomic E-state index is 0.333. The van der Waals surface area contributed by atoms with Crippen molar-refractivity contribution in [3.63, 3.8) is 0 Å². The molecule has 0 N–H and O–H groups in total. The molecule has 1 aromatic carbocycles. The molecule has 0 atom stereocenters. The van der Waals surface area contributed by atoms with Crippen molar-refractivity contribution in [3.05, 3.63) is 54.2 Å². The Hall–Kier alpha value is -2.56. The highest BCUT2D eigenvalue weighted by molar-refractivity contribution is 5.77. The molecule has 1 aromatic heterocycles. The molecule has 0 radical (unpaired) electrons. The second-order valence-corrected chi connectivity index (χ2v) is 11.1. The van der Waals surface area contributed by atoms with Crippen LogP contribution in [-0.2, 0) is 11.4 Å². The van der Waals surface area contributed by atoms with Crippen LogP contribution >= 0.6 is 0 Å². The highest BCUT2D eigenvalue weighted by atomic mass is 16.5. The number of hydrogen-bond donors (Lipinski definition) is 0. The van der Waals surface area contributed by atoms with Crippen LogP contribution in [0.5, 0.6) is 5.75 Å². The van der Waals surface area contributed by atoms with Gasteiger partial charge in [-0.1, -0.05) is 30.3 Å². The van der Waals surface area contributed by atoms with Gasteiger partial charge in [0.2, 0.25) is 5.91 Å². The van der Waals surface area contributed by atoms with Gasteiger partial charge in [0, 0.05) is 32.6 Å². The van der Waals surface area contributed by atoms with Crippen molar-refractivity contribution in [1.29, 1.82) is 0 Å². The zero-order valence-corrected chi connectivity index (χ0v) is 19.5. The molecule has 7 rings (SSSR count). The molecule has 4 bridgehead atoms. The second-order valence-electron chi connectivity index (χ2n) is 11.1. The number of benzene rings is 1. The summed E-state index contributed by atoms with van der Waals surface area (Å²) in [6.07, 6.45) is 10.9. The number of hydrogen-bond acceptors (Lipinski definition) is 4. The molecule has 33 heavy (non-hydrogen) atoms. The van der Waals surface area contributed by atoms with E-state index in [4.69, 9.17) is 4.74 Å². The Morgan fingerprint density at radius 1 is 0.909 bits per heavy atom. The van der Waals surface area contributed by atoms with Crippen molar-refractivity contribution < 1.29 is 9.53 Å². The summed E-state index contributed by atoms with van der Waals surface area (Å²) in [5, 5.41) is 0. The van der Waals surface area contributed by atoms with Crippen molar-refractivity contribution in [2.24, 2.45) is 23.2 Å². The summed E-state index contributed by atoms with van der Waals surface area (Å²) in [4.78, 5) is 22.3. The van der Waals surface area contributed by atoms with Gasteiger partial charge in [-0.15, -0.1) is 0 Å². The predicted molar refractivity (Wildman–Crippen MR) is 129 cm³/mol. The lowest BCUT2D eigenvalue weighted by molar-refractivity contribution is -0.139. The lowest BCUT2D eigenvalue weighted by Gasteiger charge is -2.57. The van der Waals surface area contributed by atoms with Gasteiger partial charge in [-0.3, -0.25) is 4.79 Å². The Balaban J connectivity index is 1.00. The first kappa shape index (κ1) is 21.0. The number of nitrogens with zero attached hydrogens (tertiary/aromatic N) is 3. The molecule has 5 heteroatoms. The van der Waals surface area contributed by atoms with Crippen LogP contribution in [0.15, 0.2) is 48.7 Å². The lowest BCUT2D eigenvalue weighted by Crippen LogP contribution is -2.52. The molecule has 174 valence electrons. The van der Waals surface area contributed by atoms with E-state index in [1.165, 1.54) is 38.5 Å². The van der Waals surface area contributed by atoms with Gasteiger partial charge in [-0.2, -0.15) is 0 Å². The van der Waals surface area contributed by atoms with E-state index in [0.29, 0.717) is 17.9 Å². The van der Waals surface area contributed by atoms with E-state index in [2.05, 4.69) is 26.9 Å². The van der Waals surface area contributed by atoms with Gasteiger partial charge in [0.25, 0.3) is 0 Å². The standard InChI is InChI=1S/C28H35N3O2/c32-27(18-28-15-22-12-23(16-28)14-24(13-22)17-28)31-10-8-30(9-11-31)26-7-6-25(19-29-26)33-20-21-4-2-1-3-5-21/h1-7,19,22-24H,8-18,20H2. The summed E-state index contributed by atoms with van der Waals surface area (Å²) in [7, 11) is 0. The molecule has 4 saturated carbocycles. The average molecular weight is 446 g/mol. The quantitative estimate of drug-likeness (QED) is 0.633.